The van der Waals surface area contributed by atoms with Crippen LogP contribution in [0, 0.1) is 13.8 Å². The molecule has 1 heteroatoms. The Morgan fingerprint density at radius 3 is 3.00 bits per heavy atom. The van der Waals surface area contributed by atoms with E-state index in [9.17, 15) is 0 Å². The van der Waals surface area contributed by atoms with E-state index in [-0.39, 0.29) is 0 Å². The molecular weight excluding hydrogens is 98.1 g/mol. The average Bonchev–Trinajstić information content (AvgIpc) is 1.89. The third-order valence-electron chi connectivity index (χ3n) is 1.14. The van der Waals surface area contributed by atoms with Crippen molar-refractivity contribution in [3.05, 3.63) is 29.6 Å². The fraction of sp³-hybridized carbons (Fsp3) is 0.286. The van der Waals surface area contributed by atoms with Crippen molar-refractivity contribution in [3.8, 4) is 0 Å². The van der Waals surface area contributed by atoms with Crippen molar-refractivity contribution >= 4 is 0 Å². The lowest BCUT2D eigenvalue weighted by Gasteiger charge is -1.92. The van der Waals surface area contributed by atoms with E-state index in [4.69, 9.17) is 1.37 Å². The van der Waals surface area contributed by atoms with Gasteiger partial charge in [0.25, 0.3) is 0 Å². The van der Waals surface area contributed by atoms with Crippen molar-refractivity contribution in [2.45, 2.75) is 13.8 Å². The predicted octanol–water partition coefficient (Wildman–Crippen LogP) is 1.70. The molecule has 42 valence electrons. The number of pyridine rings is 1. The molecule has 0 spiro atoms. The van der Waals surface area contributed by atoms with Gasteiger partial charge in [-0.2, -0.15) is 0 Å². The summed E-state index contributed by atoms with van der Waals surface area (Å²) < 4.78 is 7.06. The molecule has 0 amide bonds. The summed E-state index contributed by atoms with van der Waals surface area (Å²) in [5.41, 5.74) is 2.16. The van der Waals surface area contributed by atoms with Gasteiger partial charge in [-0.1, -0.05) is 0 Å². The molecule has 1 rings (SSSR count). The van der Waals surface area contributed by atoms with Gasteiger partial charge in [-0.05, 0) is 31.0 Å². The molecule has 0 saturated heterocycles. The number of nitrogens with zero attached hydrogens (tertiary/aromatic N) is 1. The van der Waals surface area contributed by atoms with Crippen molar-refractivity contribution in [2.24, 2.45) is 0 Å². The minimum atomic E-state index is 0.356. The minimum Gasteiger partial charge on any atom is -0.264 e. The van der Waals surface area contributed by atoms with Gasteiger partial charge in [-0.15, -0.1) is 0 Å². The van der Waals surface area contributed by atoms with Crippen LogP contribution in [0.25, 0.3) is 0 Å². The standard InChI is InChI=1S/C7H9N/c1-6-3-4-8-5-7(6)2/h3-5H,1-2H3/i1D. The van der Waals surface area contributed by atoms with Gasteiger partial charge < -0.3 is 0 Å². The third kappa shape index (κ3) is 0.861. The van der Waals surface area contributed by atoms with E-state index in [1.807, 2.05) is 13.0 Å². The predicted molar refractivity (Wildman–Crippen MR) is 33.7 cm³/mol. The van der Waals surface area contributed by atoms with E-state index in [2.05, 4.69) is 4.98 Å². The highest BCUT2D eigenvalue weighted by atomic mass is 14.6. The summed E-state index contributed by atoms with van der Waals surface area (Å²) in [6.45, 7) is 2.32. The lowest BCUT2D eigenvalue weighted by atomic mass is 10.2. The molecule has 0 aliphatic carbocycles. The molecule has 1 nitrogen and oxygen atoms in total. The summed E-state index contributed by atoms with van der Waals surface area (Å²) >= 11 is 0. The highest BCUT2D eigenvalue weighted by Crippen LogP contribution is 2.00. The topological polar surface area (TPSA) is 12.9 Å². The van der Waals surface area contributed by atoms with Crippen LogP contribution in [0.2, 0.25) is 0 Å². The van der Waals surface area contributed by atoms with Crippen molar-refractivity contribution in [1.29, 1.82) is 0 Å². The van der Waals surface area contributed by atoms with Crippen LogP contribution in [0.4, 0.5) is 0 Å². The summed E-state index contributed by atoms with van der Waals surface area (Å²) in [5, 5.41) is 0. The minimum absolute atomic E-state index is 0.356. The molecule has 1 aromatic heterocycles. The van der Waals surface area contributed by atoms with E-state index in [1.54, 1.807) is 12.4 Å². The summed E-state index contributed by atoms with van der Waals surface area (Å²) in [5.74, 6) is 0. The summed E-state index contributed by atoms with van der Waals surface area (Å²) in [6, 6.07) is 1.88. The van der Waals surface area contributed by atoms with Crippen LogP contribution in [-0.4, -0.2) is 4.98 Å². The molecule has 1 heterocycles. The average molecular weight is 108 g/mol. The SMILES string of the molecule is [2H]Cc1ccncc1C. The fourth-order valence-electron chi connectivity index (χ4n) is 0.502. The van der Waals surface area contributed by atoms with Crippen LogP contribution in [0.3, 0.4) is 0 Å². The molecule has 0 atom stereocenters. The van der Waals surface area contributed by atoms with Crippen molar-refractivity contribution in [3.63, 3.8) is 0 Å². The Morgan fingerprint density at radius 1 is 1.62 bits per heavy atom. The van der Waals surface area contributed by atoms with E-state index in [0.717, 1.165) is 11.1 Å². The molecule has 0 aliphatic heterocycles. The van der Waals surface area contributed by atoms with Crippen molar-refractivity contribution in [2.75, 3.05) is 0 Å². The zero-order valence-corrected chi connectivity index (χ0v) is 4.89. The van der Waals surface area contributed by atoms with Gasteiger partial charge in [0.15, 0.2) is 0 Å². The van der Waals surface area contributed by atoms with Crippen LogP contribution in [0.15, 0.2) is 18.5 Å². The second-order valence-corrected chi connectivity index (χ2v) is 1.80. The first kappa shape index (κ1) is 4.07. The van der Waals surface area contributed by atoms with Gasteiger partial charge in [-0.3, -0.25) is 4.98 Å². The maximum absolute atomic E-state index is 7.06. The quantitative estimate of drug-likeness (QED) is 0.493. The Balaban J connectivity index is 3.01. The van der Waals surface area contributed by atoms with Gasteiger partial charge in [0.2, 0.25) is 0 Å². The van der Waals surface area contributed by atoms with E-state index >= 15 is 0 Å². The largest absolute Gasteiger partial charge is 0.264 e. The van der Waals surface area contributed by atoms with Gasteiger partial charge >= 0.3 is 0 Å². The lowest BCUT2D eigenvalue weighted by molar-refractivity contribution is 1.22. The summed E-state index contributed by atoms with van der Waals surface area (Å²) in [7, 11) is 0. The van der Waals surface area contributed by atoms with Crippen LogP contribution in [-0.2, 0) is 0 Å². The molecule has 0 fully saturated rings. The Hall–Kier alpha value is -0.850. The normalized spacial score (nSPS) is 10.9. The first-order valence-electron chi connectivity index (χ1n) is 3.24. The van der Waals surface area contributed by atoms with Gasteiger partial charge in [0.1, 0.15) is 0 Å². The first-order valence-corrected chi connectivity index (χ1v) is 2.53. The smallest absolute Gasteiger partial charge is 0.0299 e. The molecule has 0 aliphatic rings. The Morgan fingerprint density at radius 2 is 2.50 bits per heavy atom. The number of aryl methyl sites for hydroxylation is 2. The van der Waals surface area contributed by atoms with Crippen LogP contribution in [0.5, 0.6) is 0 Å². The molecule has 0 N–H and O–H groups in total. The Kier molecular flexibility index (Phi) is 0.992. The molecule has 8 heavy (non-hydrogen) atoms. The molecular formula is C7H9N. The van der Waals surface area contributed by atoms with E-state index in [0.29, 0.717) is 6.90 Å². The molecule has 0 bridgehead atoms. The molecule has 0 unspecified atom stereocenters. The molecule has 0 aromatic carbocycles. The summed E-state index contributed by atoms with van der Waals surface area (Å²) in [6.07, 6.45) is 3.50. The van der Waals surface area contributed by atoms with Gasteiger partial charge in [0, 0.05) is 13.8 Å². The molecule has 0 radical (unpaired) electrons. The monoisotopic (exact) mass is 108 g/mol. The van der Waals surface area contributed by atoms with Gasteiger partial charge in [0.05, 0.1) is 0 Å². The zero-order chi connectivity index (χ0) is 6.69. The van der Waals surface area contributed by atoms with Crippen LogP contribution in [0.1, 0.15) is 12.5 Å². The van der Waals surface area contributed by atoms with Crippen molar-refractivity contribution < 1.29 is 1.37 Å². The summed E-state index contributed by atoms with van der Waals surface area (Å²) in [4.78, 5) is 3.91. The lowest BCUT2D eigenvalue weighted by Crippen LogP contribution is -1.78. The van der Waals surface area contributed by atoms with E-state index < -0.39 is 0 Å². The maximum Gasteiger partial charge on any atom is 0.0299 e. The van der Waals surface area contributed by atoms with E-state index in [1.165, 1.54) is 0 Å². The Bertz CT molecular complexity index is 198. The number of hydrogen-bond acceptors (Lipinski definition) is 1. The number of hydrogen-bond donors (Lipinski definition) is 0. The molecule has 1 aromatic rings. The second-order valence-electron chi connectivity index (χ2n) is 1.80. The van der Waals surface area contributed by atoms with Crippen LogP contribution >= 0.6 is 0 Å². The third-order valence-corrected chi connectivity index (χ3v) is 1.14. The highest BCUT2D eigenvalue weighted by molar-refractivity contribution is 5.18. The van der Waals surface area contributed by atoms with Gasteiger partial charge in [-0.25, -0.2) is 0 Å². The number of aromatic nitrogens is 1. The Labute approximate surface area is 50.8 Å². The van der Waals surface area contributed by atoms with Crippen LogP contribution < -0.4 is 0 Å². The maximum atomic E-state index is 7.06. The second kappa shape index (κ2) is 1.95. The fourth-order valence-corrected chi connectivity index (χ4v) is 0.502. The van der Waals surface area contributed by atoms with Crippen molar-refractivity contribution in [1.82, 2.24) is 4.98 Å². The molecule has 0 saturated carbocycles. The zero-order valence-electron chi connectivity index (χ0n) is 5.89. The highest BCUT2D eigenvalue weighted by Gasteiger charge is 1.84. The number of rotatable bonds is 0. The first-order chi connectivity index (χ1) is 4.34.